The first-order valence-corrected chi connectivity index (χ1v) is 9.38. The maximum absolute atomic E-state index is 12.4. The molecule has 3 unspecified atom stereocenters. The van der Waals surface area contributed by atoms with Crippen molar-refractivity contribution in [3.05, 3.63) is 48.0 Å². The van der Waals surface area contributed by atoms with E-state index in [0.29, 0.717) is 11.8 Å². The lowest BCUT2D eigenvalue weighted by Crippen LogP contribution is -2.40. The van der Waals surface area contributed by atoms with E-state index in [0.717, 1.165) is 42.3 Å². The number of carbonyl (C=O) groups excluding carboxylic acids is 2. The molecule has 2 aromatic rings. The van der Waals surface area contributed by atoms with Gasteiger partial charge in [-0.2, -0.15) is 0 Å². The zero-order valence-corrected chi connectivity index (χ0v) is 14.9. The first-order valence-electron chi connectivity index (χ1n) is 9.38. The third-order valence-corrected chi connectivity index (χ3v) is 5.93. The molecule has 26 heavy (non-hydrogen) atoms. The molecule has 5 nitrogen and oxygen atoms in total. The number of likely N-dealkylation sites (tertiary alicyclic amines) is 1. The smallest absolute Gasteiger partial charge is 0.241 e. The van der Waals surface area contributed by atoms with Crippen molar-refractivity contribution in [3.63, 3.8) is 0 Å². The lowest BCUT2D eigenvalue weighted by atomic mass is 9.98. The highest BCUT2D eigenvalue weighted by molar-refractivity contribution is 5.91. The van der Waals surface area contributed by atoms with Crippen molar-refractivity contribution < 1.29 is 9.59 Å². The summed E-state index contributed by atoms with van der Waals surface area (Å²) >= 11 is 0. The summed E-state index contributed by atoms with van der Waals surface area (Å²) in [4.78, 5) is 26.6. The van der Waals surface area contributed by atoms with E-state index in [1.54, 1.807) is 0 Å². The quantitative estimate of drug-likeness (QED) is 0.880. The van der Waals surface area contributed by atoms with Gasteiger partial charge in [0.1, 0.15) is 0 Å². The molecular formula is C21H25N3O2. The van der Waals surface area contributed by atoms with Gasteiger partial charge in [0.15, 0.2) is 0 Å². The van der Waals surface area contributed by atoms with Crippen LogP contribution in [-0.4, -0.2) is 42.4 Å². The van der Waals surface area contributed by atoms with Crippen LogP contribution >= 0.6 is 0 Å². The highest BCUT2D eigenvalue weighted by atomic mass is 16.2. The fourth-order valence-electron chi connectivity index (χ4n) is 4.48. The minimum Gasteiger partial charge on any atom is -0.347 e. The van der Waals surface area contributed by atoms with Crippen LogP contribution in [-0.2, 0) is 16.0 Å². The van der Waals surface area contributed by atoms with Gasteiger partial charge in [0.25, 0.3) is 0 Å². The molecule has 2 fully saturated rings. The molecule has 136 valence electrons. The van der Waals surface area contributed by atoms with E-state index >= 15 is 0 Å². The first-order chi connectivity index (χ1) is 12.6. The van der Waals surface area contributed by atoms with E-state index in [1.807, 2.05) is 47.4 Å². The summed E-state index contributed by atoms with van der Waals surface area (Å²) in [5.74, 6) is 0.856. The van der Waals surface area contributed by atoms with E-state index in [1.165, 1.54) is 0 Å². The van der Waals surface area contributed by atoms with Crippen LogP contribution in [0.3, 0.4) is 0 Å². The van der Waals surface area contributed by atoms with Crippen molar-refractivity contribution in [2.75, 3.05) is 19.6 Å². The van der Waals surface area contributed by atoms with Crippen molar-refractivity contribution in [2.24, 2.45) is 17.6 Å². The standard InChI is InChI=1S/C21H25N3O2/c22-19-9-8-16-12-24(13-18(16)19)21(26)11-23-20(25)10-15-6-3-5-14-4-1-2-7-17(14)15/h1-7,16,18-19H,8-13,22H2,(H,23,25). The molecule has 2 aromatic carbocycles. The summed E-state index contributed by atoms with van der Waals surface area (Å²) in [6.45, 7) is 1.60. The van der Waals surface area contributed by atoms with Gasteiger partial charge in [-0.05, 0) is 41.0 Å². The molecule has 2 amide bonds. The van der Waals surface area contributed by atoms with Crippen molar-refractivity contribution in [1.29, 1.82) is 0 Å². The molecule has 0 aromatic heterocycles. The van der Waals surface area contributed by atoms with Gasteiger partial charge in [0, 0.05) is 19.1 Å². The Hall–Kier alpha value is -2.40. The summed E-state index contributed by atoms with van der Waals surface area (Å²) in [6, 6.07) is 14.2. The summed E-state index contributed by atoms with van der Waals surface area (Å²) in [6.07, 6.45) is 2.47. The average molecular weight is 351 g/mol. The number of nitrogens with one attached hydrogen (secondary N) is 1. The predicted molar refractivity (Wildman–Crippen MR) is 101 cm³/mol. The zero-order valence-electron chi connectivity index (χ0n) is 14.9. The van der Waals surface area contributed by atoms with Crippen LogP contribution in [0.15, 0.2) is 42.5 Å². The molecule has 3 atom stereocenters. The molecule has 1 aliphatic heterocycles. The van der Waals surface area contributed by atoms with E-state index < -0.39 is 0 Å². The summed E-state index contributed by atoms with van der Waals surface area (Å²) in [7, 11) is 0. The van der Waals surface area contributed by atoms with Crippen LogP contribution in [0.5, 0.6) is 0 Å². The van der Waals surface area contributed by atoms with Gasteiger partial charge in [0.2, 0.25) is 11.8 Å². The maximum Gasteiger partial charge on any atom is 0.241 e. The summed E-state index contributed by atoms with van der Waals surface area (Å²) in [5.41, 5.74) is 7.11. The number of nitrogens with zero attached hydrogens (tertiary/aromatic N) is 1. The Balaban J connectivity index is 1.32. The number of fused-ring (bicyclic) bond motifs is 2. The maximum atomic E-state index is 12.4. The Morgan fingerprint density at radius 1 is 1.08 bits per heavy atom. The molecule has 1 saturated heterocycles. The van der Waals surface area contributed by atoms with Gasteiger partial charge in [-0.25, -0.2) is 0 Å². The fourth-order valence-corrected chi connectivity index (χ4v) is 4.48. The molecule has 1 heterocycles. The Bertz CT molecular complexity index is 830. The molecule has 0 spiro atoms. The molecule has 1 saturated carbocycles. The number of rotatable bonds is 4. The van der Waals surface area contributed by atoms with E-state index in [2.05, 4.69) is 5.32 Å². The SMILES string of the molecule is NC1CCC2CN(C(=O)CNC(=O)Cc3cccc4ccccc34)CC12. The lowest BCUT2D eigenvalue weighted by molar-refractivity contribution is -0.132. The van der Waals surface area contributed by atoms with E-state index in [-0.39, 0.29) is 30.8 Å². The van der Waals surface area contributed by atoms with Gasteiger partial charge in [-0.3, -0.25) is 9.59 Å². The third kappa shape index (κ3) is 3.31. The predicted octanol–water partition coefficient (Wildman–Crippen LogP) is 1.69. The second-order valence-corrected chi connectivity index (χ2v) is 7.56. The number of hydrogen-bond donors (Lipinski definition) is 2. The number of benzene rings is 2. The largest absolute Gasteiger partial charge is 0.347 e. The molecule has 4 rings (SSSR count). The van der Waals surface area contributed by atoms with Gasteiger partial charge in [0.05, 0.1) is 13.0 Å². The number of hydrogen-bond acceptors (Lipinski definition) is 3. The monoisotopic (exact) mass is 351 g/mol. The highest BCUT2D eigenvalue weighted by Gasteiger charge is 2.42. The van der Waals surface area contributed by atoms with Crippen molar-refractivity contribution in [2.45, 2.75) is 25.3 Å². The highest BCUT2D eigenvalue weighted by Crippen LogP contribution is 2.36. The normalized spacial score (nSPS) is 24.7. The lowest BCUT2D eigenvalue weighted by Gasteiger charge is -2.19. The van der Waals surface area contributed by atoms with Gasteiger partial charge >= 0.3 is 0 Å². The molecule has 3 N–H and O–H groups in total. The first kappa shape index (κ1) is 17.0. The van der Waals surface area contributed by atoms with Crippen molar-refractivity contribution in [3.8, 4) is 0 Å². The fraction of sp³-hybridized carbons (Fsp3) is 0.429. The second-order valence-electron chi connectivity index (χ2n) is 7.56. The molecule has 0 radical (unpaired) electrons. The average Bonchev–Trinajstić information content (AvgIpc) is 3.22. The molecular weight excluding hydrogens is 326 g/mol. The van der Waals surface area contributed by atoms with Crippen molar-refractivity contribution in [1.82, 2.24) is 10.2 Å². The van der Waals surface area contributed by atoms with E-state index in [4.69, 9.17) is 5.73 Å². The van der Waals surface area contributed by atoms with Gasteiger partial charge < -0.3 is 16.0 Å². The molecule has 1 aliphatic carbocycles. The van der Waals surface area contributed by atoms with Gasteiger partial charge in [-0.1, -0.05) is 42.5 Å². The van der Waals surface area contributed by atoms with Crippen LogP contribution in [0, 0.1) is 11.8 Å². The second kappa shape index (κ2) is 7.08. The summed E-state index contributed by atoms with van der Waals surface area (Å²) in [5, 5.41) is 4.99. The van der Waals surface area contributed by atoms with E-state index in [9.17, 15) is 9.59 Å². The molecule has 0 bridgehead atoms. The number of amides is 2. The van der Waals surface area contributed by atoms with Crippen LogP contribution in [0.4, 0.5) is 0 Å². The third-order valence-electron chi connectivity index (χ3n) is 5.93. The Morgan fingerprint density at radius 3 is 2.73 bits per heavy atom. The topological polar surface area (TPSA) is 75.4 Å². The van der Waals surface area contributed by atoms with Gasteiger partial charge in [-0.15, -0.1) is 0 Å². The van der Waals surface area contributed by atoms with Crippen LogP contribution < -0.4 is 11.1 Å². The minimum absolute atomic E-state index is 0.00197. The van der Waals surface area contributed by atoms with Crippen LogP contribution in [0.2, 0.25) is 0 Å². The number of carbonyl (C=O) groups is 2. The Morgan fingerprint density at radius 2 is 1.88 bits per heavy atom. The molecule has 2 aliphatic rings. The van der Waals surface area contributed by atoms with Crippen molar-refractivity contribution >= 4 is 22.6 Å². The zero-order chi connectivity index (χ0) is 18.1. The Kier molecular flexibility index (Phi) is 4.64. The molecule has 5 heteroatoms. The Labute approximate surface area is 153 Å². The summed E-state index contributed by atoms with van der Waals surface area (Å²) < 4.78 is 0. The number of nitrogens with two attached hydrogens (primary N) is 1. The van der Waals surface area contributed by atoms with Crippen LogP contribution in [0.1, 0.15) is 18.4 Å². The minimum atomic E-state index is -0.120. The van der Waals surface area contributed by atoms with Crippen LogP contribution in [0.25, 0.3) is 10.8 Å².